The predicted octanol–water partition coefficient (Wildman–Crippen LogP) is 3.55. The fourth-order valence-electron chi connectivity index (χ4n) is 2.43. The molecule has 3 nitrogen and oxygen atoms in total. The second-order valence-corrected chi connectivity index (χ2v) is 7.18. The van der Waals surface area contributed by atoms with Crippen LogP contribution in [0.2, 0.25) is 0 Å². The summed E-state index contributed by atoms with van der Waals surface area (Å²) >= 11 is 5.70. The lowest BCUT2D eigenvalue weighted by atomic mass is 10.1. The summed E-state index contributed by atoms with van der Waals surface area (Å²) in [5.74, 6) is 3.01. The number of hydrogen-bond donors (Lipinski definition) is 1. The molecule has 1 fully saturated rings. The van der Waals surface area contributed by atoms with Gasteiger partial charge in [-0.1, -0.05) is 22.4 Å². The number of rotatable bonds is 4. The smallest absolute Gasteiger partial charge is 0.231 e. The first-order valence-electron chi connectivity index (χ1n) is 6.73. The molecule has 1 atom stereocenters. The minimum atomic E-state index is 0.331. The summed E-state index contributed by atoms with van der Waals surface area (Å²) in [5.41, 5.74) is 1.23. The van der Waals surface area contributed by atoms with Crippen LogP contribution in [0, 0.1) is 0 Å². The predicted molar refractivity (Wildman–Crippen MR) is 82.1 cm³/mol. The maximum absolute atomic E-state index is 5.42. The van der Waals surface area contributed by atoms with Crippen LogP contribution in [0.1, 0.15) is 24.8 Å². The molecule has 1 aromatic rings. The van der Waals surface area contributed by atoms with Crippen molar-refractivity contribution in [3.63, 3.8) is 0 Å². The summed E-state index contributed by atoms with van der Waals surface area (Å²) in [6, 6.07) is 4.06. The Morgan fingerprint density at radius 3 is 2.89 bits per heavy atom. The summed E-state index contributed by atoms with van der Waals surface area (Å²) in [6.07, 6.45) is 4.11. The Labute approximate surface area is 126 Å². The molecule has 2 aliphatic rings. The Bertz CT molecular complexity index is 449. The quantitative estimate of drug-likeness (QED) is 0.905. The fraction of sp³-hybridized carbons (Fsp3) is 0.571. The van der Waals surface area contributed by atoms with Crippen LogP contribution in [0.25, 0.3) is 0 Å². The molecule has 0 spiro atoms. The molecular formula is C14H18BrNO2S. The van der Waals surface area contributed by atoms with E-state index >= 15 is 0 Å². The van der Waals surface area contributed by atoms with Gasteiger partial charge in [0.05, 0.1) is 0 Å². The van der Waals surface area contributed by atoms with Gasteiger partial charge in [0, 0.05) is 22.8 Å². The van der Waals surface area contributed by atoms with Crippen LogP contribution in [-0.4, -0.2) is 24.3 Å². The molecule has 0 radical (unpaired) electrons. The Hall–Kier alpha value is -0.390. The molecule has 1 aromatic carbocycles. The van der Waals surface area contributed by atoms with E-state index in [9.17, 15) is 0 Å². The van der Waals surface area contributed by atoms with E-state index in [1.807, 2.05) is 6.07 Å². The molecule has 5 heteroatoms. The van der Waals surface area contributed by atoms with Crippen molar-refractivity contribution < 1.29 is 9.47 Å². The molecule has 0 saturated carbocycles. The lowest BCUT2D eigenvalue weighted by Crippen LogP contribution is -2.26. The fourth-order valence-corrected chi connectivity index (χ4v) is 4.17. The molecule has 104 valence electrons. The summed E-state index contributed by atoms with van der Waals surface area (Å²) in [5, 5.41) is 4.34. The van der Waals surface area contributed by atoms with Crippen molar-refractivity contribution in [1.82, 2.24) is 5.32 Å². The highest BCUT2D eigenvalue weighted by atomic mass is 79.9. The lowest BCUT2D eigenvalue weighted by molar-refractivity contribution is 0.174. The Balaban J connectivity index is 1.54. The Morgan fingerprint density at radius 2 is 2.11 bits per heavy atom. The van der Waals surface area contributed by atoms with Crippen molar-refractivity contribution >= 4 is 27.7 Å². The van der Waals surface area contributed by atoms with Gasteiger partial charge in [0.25, 0.3) is 0 Å². The van der Waals surface area contributed by atoms with Gasteiger partial charge in [-0.15, -0.1) is 0 Å². The number of thioether (sulfide) groups is 1. The zero-order chi connectivity index (χ0) is 13.1. The van der Waals surface area contributed by atoms with Crippen LogP contribution >= 0.6 is 27.7 Å². The summed E-state index contributed by atoms with van der Waals surface area (Å²) in [7, 11) is 0. The lowest BCUT2D eigenvalue weighted by Gasteiger charge is -2.21. The van der Waals surface area contributed by atoms with Crippen molar-refractivity contribution in [2.75, 3.05) is 19.1 Å². The minimum absolute atomic E-state index is 0.331. The molecule has 2 aliphatic heterocycles. The number of fused-ring (bicyclic) bond motifs is 1. The first kappa shape index (κ1) is 13.6. The van der Waals surface area contributed by atoms with Gasteiger partial charge in [0.1, 0.15) is 0 Å². The SMILES string of the molecule is Brc1cc2c(cc1CNCC1CCCCS1)OCO2. The maximum Gasteiger partial charge on any atom is 0.231 e. The van der Waals surface area contributed by atoms with Crippen LogP contribution in [-0.2, 0) is 6.54 Å². The monoisotopic (exact) mass is 343 g/mol. The van der Waals surface area contributed by atoms with Gasteiger partial charge >= 0.3 is 0 Å². The normalized spacial score (nSPS) is 21.6. The van der Waals surface area contributed by atoms with Gasteiger partial charge in [0.15, 0.2) is 11.5 Å². The molecule has 2 heterocycles. The molecular weight excluding hydrogens is 326 g/mol. The number of benzene rings is 1. The maximum atomic E-state index is 5.42. The molecule has 1 saturated heterocycles. The summed E-state index contributed by atoms with van der Waals surface area (Å²) < 4.78 is 11.9. The Morgan fingerprint density at radius 1 is 1.26 bits per heavy atom. The van der Waals surface area contributed by atoms with E-state index in [0.717, 1.165) is 34.3 Å². The van der Waals surface area contributed by atoms with Crippen LogP contribution in [0.15, 0.2) is 16.6 Å². The molecule has 0 amide bonds. The van der Waals surface area contributed by atoms with E-state index < -0.39 is 0 Å². The van der Waals surface area contributed by atoms with Gasteiger partial charge in [-0.05, 0) is 36.3 Å². The zero-order valence-electron chi connectivity index (χ0n) is 10.8. The number of nitrogens with one attached hydrogen (secondary N) is 1. The molecule has 0 aromatic heterocycles. The molecule has 0 aliphatic carbocycles. The van der Waals surface area contributed by atoms with E-state index in [2.05, 4.69) is 39.1 Å². The third kappa shape index (κ3) is 3.38. The van der Waals surface area contributed by atoms with Gasteiger partial charge < -0.3 is 14.8 Å². The van der Waals surface area contributed by atoms with E-state index in [-0.39, 0.29) is 0 Å². The number of ether oxygens (including phenoxy) is 2. The summed E-state index contributed by atoms with van der Waals surface area (Å²) in [4.78, 5) is 0. The third-order valence-electron chi connectivity index (χ3n) is 3.50. The first-order valence-corrected chi connectivity index (χ1v) is 8.57. The van der Waals surface area contributed by atoms with Crippen molar-refractivity contribution in [2.45, 2.75) is 31.1 Å². The van der Waals surface area contributed by atoms with Gasteiger partial charge in [-0.25, -0.2) is 0 Å². The van der Waals surface area contributed by atoms with E-state index in [0.29, 0.717) is 6.79 Å². The summed E-state index contributed by atoms with van der Waals surface area (Å²) in [6.45, 7) is 2.29. The topological polar surface area (TPSA) is 30.5 Å². The van der Waals surface area contributed by atoms with Crippen molar-refractivity contribution in [3.8, 4) is 11.5 Å². The average molecular weight is 344 g/mol. The highest BCUT2D eigenvalue weighted by Gasteiger charge is 2.17. The van der Waals surface area contributed by atoms with Crippen molar-refractivity contribution in [3.05, 3.63) is 22.2 Å². The second-order valence-electron chi connectivity index (χ2n) is 4.92. The van der Waals surface area contributed by atoms with Crippen LogP contribution < -0.4 is 14.8 Å². The van der Waals surface area contributed by atoms with E-state index in [1.54, 1.807) is 0 Å². The molecule has 1 N–H and O–H groups in total. The first-order chi connectivity index (χ1) is 9.33. The van der Waals surface area contributed by atoms with Crippen LogP contribution in [0.5, 0.6) is 11.5 Å². The minimum Gasteiger partial charge on any atom is -0.454 e. The van der Waals surface area contributed by atoms with Crippen molar-refractivity contribution in [1.29, 1.82) is 0 Å². The number of halogens is 1. The van der Waals surface area contributed by atoms with Gasteiger partial charge in [-0.3, -0.25) is 0 Å². The van der Waals surface area contributed by atoms with Crippen LogP contribution in [0.3, 0.4) is 0 Å². The van der Waals surface area contributed by atoms with Crippen molar-refractivity contribution in [2.24, 2.45) is 0 Å². The standard InChI is InChI=1S/C14H18BrNO2S/c15-12-6-14-13(17-9-18-14)5-10(12)7-16-8-11-3-1-2-4-19-11/h5-6,11,16H,1-4,7-9H2. The van der Waals surface area contributed by atoms with E-state index in [4.69, 9.17) is 9.47 Å². The largest absolute Gasteiger partial charge is 0.454 e. The zero-order valence-corrected chi connectivity index (χ0v) is 13.2. The Kier molecular flexibility index (Phi) is 4.56. The van der Waals surface area contributed by atoms with Gasteiger partial charge in [0.2, 0.25) is 6.79 Å². The molecule has 1 unspecified atom stereocenters. The second kappa shape index (κ2) is 6.37. The highest BCUT2D eigenvalue weighted by molar-refractivity contribution is 9.10. The highest BCUT2D eigenvalue weighted by Crippen LogP contribution is 2.36. The van der Waals surface area contributed by atoms with Crippen LogP contribution in [0.4, 0.5) is 0 Å². The molecule has 0 bridgehead atoms. The number of hydrogen-bond acceptors (Lipinski definition) is 4. The third-order valence-corrected chi connectivity index (χ3v) is 5.64. The van der Waals surface area contributed by atoms with E-state index in [1.165, 1.54) is 30.6 Å². The molecule has 19 heavy (non-hydrogen) atoms. The average Bonchev–Trinajstić information content (AvgIpc) is 2.87. The van der Waals surface area contributed by atoms with Gasteiger partial charge in [-0.2, -0.15) is 11.8 Å². The molecule has 3 rings (SSSR count).